The topological polar surface area (TPSA) is 442 Å². The maximum absolute atomic E-state index is 14.2. The number of hydrogen-bond acceptors (Lipinski definition) is 14. The lowest BCUT2D eigenvalue weighted by Gasteiger charge is -2.29. The average Bonchev–Trinajstić information content (AvgIpc) is 3.33. The van der Waals surface area contributed by atoms with Crippen molar-refractivity contribution < 1.29 is 53.1 Å². The predicted molar refractivity (Wildman–Crippen MR) is 293 cm³/mol. The summed E-state index contributed by atoms with van der Waals surface area (Å²) >= 11 is 0. The summed E-state index contributed by atoms with van der Waals surface area (Å²) in [5.41, 5.74) is 27.8. The van der Waals surface area contributed by atoms with Crippen LogP contribution in [0.1, 0.15) is 147 Å². The number of primary amides is 1. The summed E-state index contributed by atoms with van der Waals surface area (Å²) in [6.07, 6.45) is 0.645. The van der Waals surface area contributed by atoms with E-state index in [1.165, 1.54) is 6.92 Å². The second-order valence-corrected chi connectivity index (χ2v) is 21.5. The van der Waals surface area contributed by atoms with Gasteiger partial charge in [0.15, 0.2) is 5.96 Å². The van der Waals surface area contributed by atoms with Crippen molar-refractivity contribution in [2.24, 2.45) is 63.3 Å². The highest BCUT2D eigenvalue weighted by Crippen LogP contribution is 2.14. The van der Waals surface area contributed by atoms with Gasteiger partial charge in [0.2, 0.25) is 59.1 Å². The molecular weight excluding hydrogens is 999 g/mol. The molecule has 0 aromatic heterocycles. The molecule has 0 radical (unpaired) electrons. The Morgan fingerprint density at radius 2 is 0.883 bits per heavy atom. The Morgan fingerprint density at radius 3 is 1.31 bits per heavy atom. The van der Waals surface area contributed by atoms with Crippen molar-refractivity contribution in [1.82, 2.24) is 47.9 Å². The number of hydrogen-bond donors (Lipinski definition) is 15. The monoisotopic (exact) mass is 1100 g/mol. The largest absolute Gasteiger partial charge is 0.391 e. The Balaban J connectivity index is 6.44. The number of nitrogens with two attached hydrogens (primary N) is 5. The summed E-state index contributed by atoms with van der Waals surface area (Å²) in [5.74, 6) is -7.87. The normalized spacial score (nSPS) is 15.2. The average molecular weight is 1100 g/mol. The molecule has 0 heterocycles. The van der Waals surface area contributed by atoms with Crippen LogP contribution in [-0.2, 0) is 47.9 Å². The van der Waals surface area contributed by atoms with E-state index in [1.54, 1.807) is 13.8 Å². The van der Waals surface area contributed by atoms with Gasteiger partial charge in [-0.1, -0.05) is 75.7 Å². The first-order valence-electron chi connectivity index (χ1n) is 27.1. The quantitative estimate of drug-likeness (QED) is 0.0174. The number of rotatable bonds is 39. The minimum absolute atomic E-state index is 0.00612. The lowest BCUT2D eigenvalue weighted by Crippen LogP contribution is -2.60. The van der Waals surface area contributed by atoms with Crippen LogP contribution in [-0.4, -0.2) is 151 Å². The molecule has 0 saturated heterocycles. The molecular formula is C51H97N15O11. The molecule has 0 fully saturated rings. The fourth-order valence-corrected chi connectivity index (χ4v) is 7.98. The zero-order valence-electron chi connectivity index (χ0n) is 47.6. The first kappa shape index (κ1) is 70.8. The highest BCUT2D eigenvalue weighted by molar-refractivity contribution is 5.97. The van der Waals surface area contributed by atoms with Crippen molar-refractivity contribution in [1.29, 1.82) is 0 Å². The van der Waals surface area contributed by atoms with E-state index in [0.29, 0.717) is 25.8 Å². The molecule has 10 atom stereocenters. The molecule has 0 rings (SSSR count). The Bertz CT molecular complexity index is 1930. The summed E-state index contributed by atoms with van der Waals surface area (Å²) in [6, 6.07) is -9.44. The number of nitrogens with zero attached hydrogens (tertiary/aromatic N) is 1. The van der Waals surface area contributed by atoms with Crippen LogP contribution in [0, 0.1) is 29.6 Å². The second kappa shape index (κ2) is 37.6. The molecule has 0 bridgehead atoms. The van der Waals surface area contributed by atoms with Crippen LogP contribution in [0.25, 0.3) is 0 Å². The molecule has 0 unspecified atom stereocenters. The minimum atomic E-state index is -1.52. The molecule has 26 nitrogen and oxygen atoms in total. The summed E-state index contributed by atoms with van der Waals surface area (Å²) < 4.78 is 0. The maximum atomic E-state index is 14.2. The predicted octanol–water partition coefficient (Wildman–Crippen LogP) is -2.39. The van der Waals surface area contributed by atoms with Gasteiger partial charge in [-0.15, -0.1) is 0 Å². The molecule has 442 valence electrons. The van der Waals surface area contributed by atoms with E-state index in [2.05, 4.69) is 52.8 Å². The van der Waals surface area contributed by atoms with E-state index in [4.69, 9.17) is 28.7 Å². The standard InChI is InChI=1S/C51H97N15O11/c1-12-31(10)41(49(76)57-21-18-39(68)65-42(32(11)67)50(77)64-38(25-30(8)9)48(75)62-35(43(54)70)22-27(2)3)66-45(72)34(17-15-20-58-51(55)56)60-44(71)33(16-13-14-19-52)61-47(74)37(24-29(6)7)63-46(73)36(23-28(4)5)59-40(69)26-53/h27-38,41-42,67H,12-26,52-53H2,1-11H3,(H2,54,70)(H,57,76)(H,59,69)(H,60,71)(H,61,74)(H,62,75)(H,63,73)(H,64,77)(H,65,68)(H,66,72)(H4,55,56,58)/t31-,32+,33-,34-,35-,36-,37-,38-,41-,42-/m0/s1. The molecule has 0 aliphatic carbocycles. The number of aliphatic hydroxyl groups excluding tert-OH is 1. The van der Waals surface area contributed by atoms with Gasteiger partial charge in [0.1, 0.15) is 48.3 Å². The van der Waals surface area contributed by atoms with Crippen molar-refractivity contribution in [3.63, 3.8) is 0 Å². The van der Waals surface area contributed by atoms with Crippen molar-refractivity contribution >= 4 is 65.0 Å². The van der Waals surface area contributed by atoms with E-state index in [1.807, 2.05) is 55.4 Å². The highest BCUT2D eigenvalue weighted by Gasteiger charge is 2.35. The van der Waals surface area contributed by atoms with Crippen molar-refractivity contribution in [2.45, 2.75) is 201 Å². The number of unbranched alkanes of at least 4 members (excludes halogenated alkanes) is 1. The Hall–Kier alpha value is -6.15. The van der Waals surface area contributed by atoms with Gasteiger partial charge in [0.05, 0.1) is 12.6 Å². The van der Waals surface area contributed by atoms with Crippen LogP contribution in [0.5, 0.6) is 0 Å². The van der Waals surface area contributed by atoms with Crippen LogP contribution in [0.2, 0.25) is 0 Å². The SMILES string of the molecule is CC[C@H](C)[C@H](NC(=O)[C@H](CCCN=C(N)N)NC(=O)[C@H](CCCCN)NC(=O)[C@H](CC(C)C)NC(=O)[C@H](CC(C)C)NC(=O)CN)C(=O)NCCC(=O)N[C@H](C(=O)N[C@@H](CC(C)C)C(=O)N[C@@H](CC(C)C)C(N)=O)[C@@H](C)O. The van der Waals surface area contributed by atoms with Gasteiger partial charge in [-0.05, 0) is 101 Å². The molecule has 0 saturated carbocycles. The van der Waals surface area contributed by atoms with Crippen molar-refractivity contribution in [3.8, 4) is 0 Å². The fraction of sp³-hybridized carbons (Fsp3) is 0.784. The van der Waals surface area contributed by atoms with Crippen LogP contribution in [0.3, 0.4) is 0 Å². The number of aliphatic imine (C=N–C) groups is 1. The van der Waals surface area contributed by atoms with E-state index in [9.17, 15) is 53.1 Å². The molecule has 20 N–H and O–H groups in total. The first-order valence-corrected chi connectivity index (χ1v) is 27.1. The van der Waals surface area contributed by atoms with Crippen molar-refractivity contribution in [2.75, 3.05) is 26.2 Å². The smallest absolute Gasteiger partial charge is 0.245 e. The lowest BCUT2D eigenvalue weighted by molar-refractivity contribution is -0.136. The van der Waals surface area contributed by atoms with E-state index in [-0.39, 0.29) is 101 Å². The summed E-state index contributed by atoms with van der Waals surface area (Å²) in [5, 5.41) is 34.4. The first-order chi connectivity index (χ1) is 36.0. The zero-order valence-corrected chi connectivity index (χ0v) is 47.6. The van der Waals surface area contributed by atoms with Gasteiger partial charge in [0, 0.05) is 19.5 Å². The summed E-state index contributed by atoms with van der Waals surface area (Å²) in [6.45, 7) is 19.3. The minimum Gasteiger partial charge on any atom is -0.391 e. The highest BCUT2D eigenvalue weighted by atomic mass is 16.3. The van der Waals surface area contributed by atoms with E-state index >= 15 is 0 Å². The summed E-state index contributed by atoms with van der Waals surface area (Å²) in [7, 11) is 0. The Labute approximate surface area is 455 Å². The van der Waals surface area contributed by atoms with Crippen LogP contribution >= 0.6 is 0 Å². The van der Waals surface area contributed by atoms with Gasteiger partial charge >= 0.3 is 0 Å². The van der Waals surface area contributed by atoms with Crippen LogP contribution in [0.4, 0.5) is 0 Å². The zero-order chi connectivity index (χ0) is 59.1. The van der Waals surface area contributed by atoms with Gasteiger partial charge in [-0.25, -0.2) is 0 Å². The number of amides is 10. The van der Waals surface area contributed by atoms with Crippen molar-refractivity contribution in [3.05, 3.63) is 0 Å². The molecule has 0 aromatic carbocycles. The van der Waals surface area contributed by atoms with E-state index < -0.39 is 119 Å². The number of guanidine groups is 1. The molecule has 0 spiro atoms. The fourth-order valence-electron chi connectivity index (χ4n) is 7.98. The Morgan fingerprint density at radius 1 is 0.468 bits per heavy atom. The molecule has 77 heavy (non-hydrogen) atoms. The molecule has 0 aliphatic rings. The van der Waals surface area contributed by atoms with E-state index in [0.717, 1.165) is 0 Å². The lowest BCUT2D eigenvalue weighted by atomic mass is 9.97. The van der Waals surface area contributed by atoms with Gasteiger partial charge in [0.25, 0.3) is 0 Å². The number of aliphatic hydroxyl groups is 1. The third-order valence-electron chi connectivity index (χ3n) is 12.3. The van der Waals surface area contributed by atoms with Gasteiger partial charge in [-0.2, -0.15) is 0 Å². The molecule has 0 aliphatic heterocycles. The van der Waals surface area contributed by atoms with Crippen LogP contribution < -0.4 is 76.5 Å². The number of carbonyl (C=O) groups is 10. The third kappa shape index (κ3) is 29.8. The number of carbonyl (C=O) groups excluding carboxylic acids is 10. The Kier molecular flexibility index (Phi) is 34.6. The third-order valence-corrected chi connectivity index (χ3v) is 12.3. The second-order valence-electron chi connectivity index (χ2n) is 21.5. The van der Waals surface area contributed by atoms with Gasteiger partial charge in [-0.3, -0.25) is 52.9 Å². The summed E-state index contributed by atoms with van der Waals surface area (Å²) in [4.78, 5) is 138. The molecule has 26 heteroatoms. The van der Waals surface area contributed by atoms with Gasteiger partial charge < -0.3 is 81.6 Å². The molecule has 0 aromatic rings. The number of nitrogens with one attached hydrogen (secondary N) is 9. The van der Waals surface area contributed by atoms with Crippen LogP contribution in [0.15, 0.2) is 4.99 Å². The molecule has 10 amide bonds. The maximum Gasteiger partial charge on any atom is 0.245 e.